The Morgan fingerprint density at radius 3 is 2.33 bits per heavy atom. The Labute approximate surface area is 265 Å². The van der Waals surface area contributed by atoms with Crippen LogP contribution in [0.5, 0.6) is 11.5 Å². The number of furan rings is 1. The lowest BCUT2D eigenvalue weighted by atomic mass is 9.99. The molecule has 1 aromatic heterocycles. The number of aryl methyl sites for hydroxylation is 2. The van der Waals surface area contributed by atoms with Crippen molar-refractivity contribution >= 4 is 22.8 Å². The molecule has 240 valence electrons. The highest BCUT2D eigenvalue weighted by atomic mass is 16.5. The summed E-state index contributed by atoms with van der Waals surface area (Å²) >= 11 is 0. The first-order chi connectivity index (χ1) is 21.6. The van der Waals surface area contributed by atoms with Crippen molar-refractivity contribution in [3.63, 3.8) is 0 Å². The summed E-state index contributed by atoms with van der Waals surface area (Å²) in [7, 11) is 3.19. The molecule has 8 heteroatoms. The van der Waals surface area contributed by atoms with Gasteiger partial charge in [-0.25, -0.2) is 4.79 Å². The van der Waals surface area contributed by atoms with E-state index in [0.717, 1.165) is 41.7 Å². The smallest absolute Gasteiger partial charge is 0.342 e. The molecule has 45 heavy (non-hydrogen) atoms. The van der Waals surface area contributed by atoms with Gasteiger partial charge in [-0.2, -0.15) is 0 Å². The SMILES string of the molecule is COc1ccc(CCCOC(=O)c2c(-c3ccccc3)oc3c(OC)cc(CCC(=O)NC(C)CCCC(C)(C)O)cc23)cc1. The molecule has 4 aromatic rings. The van der Waals surface area contributed by atoms with Gasteiger partial charge in [-0.3, -0.25) is 4.79 Å². The number of esters is 1. The molecule has 4 rings (SSSR count). The van der Waals surface area contributed by atoms with Gasteiger partial charge in [0.05, 0.1) is 26.4 Å². The molecule has 2 N–H and O–H groups in total. The molecule has 3 aromatic carbocycles. The number of hydrogen-bond acceptors (Lipinski definition) is 7. The van der Waals surface area contributed by atoms with Crippen LogP contribution < -0.4 is 14.8 Å². The van der Waals surface area contributed by atoms with E-state index < -0.39 is 11.6 Å². The molecule has 0 aliphatic rings. The van der Waals surface area contributed by atoms with Crippen molar-refractivity contribution < 1.29 is 33.3 Å². The fraction of sp³-hybridized carbons (Fsp3) is 0.405. The summed E-state index contributed by atoms with van der Waals surface area (Å²) in [6, 6.07) is 21.0. The summed E-state index contributed by atoms with van der Waals surface area (Å²) < 4.78 is 23.0. The predicted octanol–water partition coefficient (Wildman–Crippen LogP) is 7.29. The van der Waals surface area contributed by atoms with Crippen LogP contribution >= 0.6 is 0 Å². The zero-order valence-corrected chi connectivity index (χ0v) is 27.0. The van der Waals surface area contributed by atoms with Gasteiger partial charge in [0.1, 0.15) is 17.1 Å². The fourth-order valence-electron chi connectivity index (χ4n) is 5.34. The van der Waals surface area contributed by atoms with E-state index >= 15 is 0 Å². The maximum atomic E-state index is 13.6. The van der Waals surface area contributed by atoms with E-state index in [1.54, 1.807) is 28.1 Å². The Hall–Kier alpha value is -4.30. The molecular weight excluding hydrogens is 570 g/mol. The maximum absolute atomic E-state index is 13.6. The average Bonchev–Trinajstić information content (AvgIpc) is 3.41. The van der Waals surface area contributed by atoms with Crippen LogP contribution in [0.4, 0.5) is 0 Å². The first-order valence-electron chi connectivity index (χ1n) is 15.6. The molecule has 0 spiro atoms. The largest absolute Gasteiger partial charge is 0.497 e. The van der Waals surface area contributed by atoms with Gasteiger partial charge < -0.3 is 29.1 Å². The van der Waals surface area contributed by atoms with Gasteiger partial charge in [0.2, 0.25) is 5.91 Å². The van der Waals surface area contributed by atoms with Gasteiger partial charge in [0.15, 0.2) is 11.3 Å². The monoisotopic (exact) mass is 615 g/mol. The molecule has 0 bridgehead atoms. The predicted molar refractivity (Wildman–Crippen MR) is 176 cm³/mol. The second kappa shape index (κ2) is 15.6. The number of amides is 1. The van der Waals surface area contributed by atoms with Gasteiger partial charge in [-0.05, 0) is 94.7 Å². The highest BCUT2D eigenvalue weighted by Crippen LogP contribution is 2.39. The molecule has 0 fully saturated rings. The third-order valence-electron chi connectivity index (χ3n) is 7.75. The lowest BCUT2D eigenvalue weighted by Crippen LogP contribution is -2.33. The van der Waals surface area contributed by atoms with Gasteiger partial charge in [-0.1, -0.05) is 42.5 Å². The summed E-state index contributed by atoms with van der Waals surface area (Å²) in [6.45, 7) is 5.80. The van der Waals surface area contributed by atoms with Crippen LogP contribution in [0.3, 0.4) is 0 Å². The van der Waals surface area contributed by atoms with Gasteiger partial charge >= 0.3 is 5.97 Å². The Balaban J connectivity index is 1.50. The Kier molecular flexibility index (Phi) is 11.7. The van der Waals surface area contributed by atoms with Crippen LogP contribution in [0, 0.1) is 0 Å². The van der Waals surface area contributed by atoms with Crippen molar-refractivity contribution in [2.45, 2.75) is 77.4 Å². The Bertz CT molecular complexity index is 1550. The second-order valence-corrected chi connectivity index (χ2v) is 12.1. The van der Waals surface area contributed by atoms with E-state index in [4.69, 9.17) is 18.6 Å². The molecule has 0 saturated heterocycles. The molecule has 1 atom stereocenters. The maximum Gasteiger partial charge on any atom is 0.342 e. The van der Waals surface area contributed by atoms with Crippen LogP contribution in [-0.4, -0.2) is 49.5 Å². The van der Waals surface area contributed by atoms with E-state index in [9.17, 15) is 14.7 Å². The van der Waals surface area contributed by atoms with Crippen molar-refractivity contribution in [2.75, 3.05) is 20.8 Å². The number of hydrogen-bond donors (Lipinski definition) is 2. The molecule has 8 nitrogen and oxygen atoms in total. The van der Waals surface area contributed by atoms with Gasteiger partial charge in [-0.15, -0.1) is 0 Å². The highest BCUT2D eigenvalue weighted by molar-refractivity contribution is 6.10. The number of nitrogens with one attached hydrogen (secondary N) is 1. The minimum atomic E-state index is -0.711. The Morgan fingerprint density at radius 1 is 0.933 bits per heavy atom. The molecule has 0 aliphatic heterocycles. The first kappa shape index (κ1) is 33.6. The van der Waals surface area contributed by atoms with Crippen molar-refractivity contribution in [2.24, 2.45) is 0 Å². The number of aliphatic hydroxyl groups is 1. The van der Waals surface area contributed by atoms with E-state index in [2.05, 4.69) is 5.32 Å². The minimum Gasteiger partial charge on any atom is -0.497 e. The van der Waals surface area contributed by atoms with Crippen LogP contribution in [-0.2, 0) is 22.4 Å². The fourth-order valence-corrected chi connectivity index (χ4v) is 5.34. The summed E-state index contributed by atoms with van der Waals surface area (Å²) in [4.78, 5) is 26.4. The molecule has 1 heterocycles. The van der Waals surface area contributed by atoms with Crippen molar-refractivity contribution in [1.29, 1.82) is 0 Å². The number of benzene rings is 3. The lowest BCUT2D eigenvalue weighted by molar-refractivity contribution is -0.121. The molecular formula is C37H45NO7. The van der Waals surface area contributed by atoms with Gasteiger partial charge in [0.25, 0.3) is 0 Å². The van der Waals surface area contributed by atoms with Crippen LogP contribution in [0.25, 0.3) is 22.3 Å². The second-order valence-electron chi connectivity index (χ2n) is 12.1. The summed E-state index contributed by atoms with van der Waals surface area (Å²) in [5, 5.41) is 13.6. The minimum absolute atomic E-state index is 0.00487. The number of methoxy groups -OCH3 is 2. The normalized spacial score (nSPS) is 12.1. The number of carbonyl (C=O) groups excluding carboxylic acids is 2. The standard InChI is InChI=1S/C37H45NO7/c1-25(11-9-21-37(2,3)41)38-32(39)20-17-27-23-30-33(36(40)44-22-10-12-26-15-18-29(42-4)19-16-26)34(28-13-7-6-8-14-28)45-35(30)31(24-27)43-5/h6-8,13-16,18-19,23-25,41H,9-12,17,20-22H2,1-5H3,(H,38,39). The van der Waals surface area contributed by atoms with E-state index in [1.165, 1.54) is 0 Å². The van der Waals surface area contributed by atoms with Gasteiger partial charge in [0, 0.05) is 23.4 Å². The average molecular weight is 616 g/mol. The van der Waals surface area contributed by atoms with Crippen LogP contribution in [0.1, 0.15) is 74.4 Å². The Morgan fingerprint density at radius 2 is 1.67 bits per heavy atom. The summed E-state index contributed by atoms with van der Waals surface area (Å²) in [6.07, 6.45) is 4.44. The van der Waals surface area contributed by atoms with Crippen molar-refractivity contribution in [1.82, 2.24) is 5.32 Å². The molecule has 0 aliphatic carbocycles. The van der Waals surface area contributed by atoms with Crippen LogP contribution in [0.15, 0.2) is 71.1 Å². The first-order valence-corrected chi connectivity index (χ1v) is 15.6. The van der Waals surface area contributed by atoms with Crippen molar-refractivity contribution in [3.8, 4) is 22.8 Å². The van der Waals surface area contributed by atoms with Crippen LogP contribution in [0.2, 0.25) is 0 Å². The number of rotatable bonds is 16. The third kappa shape index (κ3) is 9.59. The third-order valence-corrected chi connectivity index (χ3v) is 7.75. The van der Waals surface area contributed by atoms with E-state index in [-0.39, 0.29) is 25.0 Å². The lowest BCUT2D eigenvalue weighted by Gasteiger charge is -2.19. The number of carbonyl (C=O) groups is 2. The molecule has 1 unspecified atom stereocenters. The zero-order valence-electron chi connectivity index (χ0n) is 27.0. The molecule has 0 saturated carbocycles. The summed E-state index contributed by atoms with van der Waals surface area (Å²) in [5.41, 5.74) is 2.81. The quantitative estimate of drug-likeness (QED) is 0.101. The topological polar surface area (TPSA) is 107 Å². The number of fused-ring (bicyclic) bond motifs is 1. The summed E-state index contributed by atoms with van der Waals surface area (Å²) in [5.74, 6) is 1.17. The van der Waals surface area contributed by atoms with E-state index in [1.807, 2.05) is 73.7 Å². The number of ether oxygens (including phenoxy) is 3. The zero-order chi connectivity index (χ0) is 32.4. The molecule has 1 amide bonds. The van der Waals surface area contributed by atoms with Crippen molar-refractivity contribution in [3.05, 3.63) is 83.4 Å². The van der Waals surface area contributed by atoms with E-state index in [0.29, 0.717) is 47.3 Å². The highest BCUT2D eigenvalue weighted by Gasteiger charge is 2.26. The molecule has 0 radical (unpaired) electrons.